The highest BCUT2D eigenvalue weighted by Gasteiger charge is 2.35. The zero-order valence-corrected chi connectivity index (χ0v) is 15.1. The maximum Gasteiger partial charge on any atom is 0.260 e. The van der Waals surface area contributed by atoms with E-state index < -0.39 is 29.1 Å². The first-order chi connectivity index (χ1) is 13.1. The Morgan fingerprint density at radius 3 is 2.22 bits per heavy atom. The molecule has 0 saturated carbocycles. The van der Waals surface area contributed by atoms with Gasteiger partial charge in [-0.15, -0.1) is 0 Å². The molecule has 3 aromatic carbocycles. The number of nitrogens with zero attached hydrogens (tertiary/aromatic N) is 1. The maximum absolute atomic E-state index is 14.2. The third-order valence-corrected chi connectivity index (χ3v) is 5.26. The Labute approximate surface area is 161 Å². The summed E-state index contributed by atoms with van der Waals surface area (Å²) in [6.07, 6.45) is 0.610. The summed E-state index contributed by atoms with van der Waals surface area (Å²) >= 11 is 6.42. The molecule has 0 aromatic heterocycles. The lowest BCUT2D eigenvalue weighted by Crippen LogP contribution is -2.41. The Hall–Kier alpha value is -2.72. The summed E-state index contributed by atoms with van der Waals surface area (Å²) < 4.78 is 28.5. The number of carbonyl (C=O) groups is 1. The minimum absolute atomic E-state index is 0.347. The van der Waals surface area contributed by atoms with E-state index in [-0.39, 0.29) is 0 Å². The van der Waals surface area contributed by atoms with Crippen molar-refractivity contribution in [3.8, 4) is 0 Å². The third-order valence-electron chi connectivity index (χ3n) is 4.92. The van der Waals surface area contributed by atoms with Gasteiger partial charge in [0, 0.05) is 11.6 Å². The molecule has 5 heteroatoms. The lowest BCUT2D eigenvalue weighted by atomic mass is 9.87. The first kappa shape index (κ1) is 17.7. The van der Waals surface area contributed by atoms with Crippen molar-refractivity contribution in [1.29, 1.82) is 0 Å². The fourth-order valence-corrected chi connectivity index (χ4v) is 3.90. The van der Waals surface area contributed by atoms with Crippen molar-refractivity contribution in [3.63, 3.8) is 0 Å². The highest BCUT2D eigenvalue weighted by Crippen LogP contribution is 2.39. The summed E-state index contributed by atoms with van der Waals surface area (Å²) in [6.45, 7) is 0.347. The molecule has 4 rings (SSSR count). The number of hydrogen-bond acceptors (Lipinski definition) is 1. The minimum atomic E-state index is -0.864. The zero-order chi connectivity index (χ0) is 19.0. The largest absolute Gasteiger partial charge is 0.327 e. The van der Waals surface area contributed by atoms with Crippen LogP contribution in [0.25, 0.3) is 0 Å². The Morgan fingerprint density at radius 2 is 1.52 bits per heavy atom. The Balaban J connectivity index is 1.87. The van der Waals surface area contributed by atoms with E-state index in [2.05, 4.69) is 0 Å². The number of amides is 1. The van der Waals surface area contributed by atoms with E-state index >= 15 is 0 Å². The van der Waals surface area contributed by atoms with E-state index in [4.69, 9.17) is 11.6 Å². The van der Waals surface area contributed by atoms with E-state index in [1.54, 1.807) is 6.07 Å². The Kier molecular flexibility index (Phi) is 4.66. The van der Waals surface area contributed by atoms with Crippen LogP contribution in [0.5, 0.6) is 0 Å². The molecule has 1 aliphatic heterocycles. The average molecular weight is 384 g/mol. The van der Waals surface area contributed by atoms with Gasteiger partial charge in [0.2, 0.25) is 0 Å². The van der Waals surface area contributed by atoms with Crippen LogP contribution < -0.4 is 0 Å². The highest BCUT2D eigenvalue weighted by molar-refractivity contribution is 6.31. The molecular formula is C22H16ClF2NO. The van der Waals surface area contributed by atoms with Gasteiger partial charge >= 0.3 is 0 Å². The molecule has 0 N–H and O–H groups in total. The summed E-state index contributed by atoms with van der Waals surface area (Å²) in [5.41, 5.74) is 2.22. The average Bonchev–Trinajstić information content (AvgIpc) is 2.67. The number of fused-ring (bicyclic) bond motifs is 1. The zero-order valence-electron chi connectivity index (χ0n) is 14.3. The van der Waals surface area contributed by atoms with Crippen LogP contribution in [0.2, 0.25) is 5.02 Å². The van der Waals surface area contributed by atoms with Gasteiger partial charge in [0.05, 0.1) is 6.04 Å². The Morgan fingerprint density at radius 1 is 0.889 bits per heavy atom. The smallest absolute Gasteiger partial charge is 0.260 e. The first-order valence-electron chi connectivity index (χ1n) is 8.65. The molecule has 0 bridgehead atoms. The first-order valence-corrected chi connectivity index (χ1v) is 9.03. The van der Waals surface area contributed by atoms with E-state index in [9.17, 15) is 13.6 Å². The van der Waals surface area contributed by atoms with Gasteiger partial charge in [-0.05, 0) is 41.3 Å². The minimum Gasteiger partial charge on any atom is -0.327 e. The molecule has 1 aliphatic rings. The molecule has 0 aliphatic carbocycles. The predicted octanol–water partition coefficient (Wildman–Crippen LogP) is 5.41. The van der Waals surface area contributed by atoms with E-state index in [1.807, 2.05) is 42.5 Å². The molecule has 0 spiro atoms. The van der Waals surface area contributed by atoms with Gasteiger partial charge in [-0.3, -0.25) is 4.79 Å². The van der Waals surface area contributed by atoms with Gasteiger partial charge in [0.1, 0.15) is 17.2 Å². The maximum atomic E-state index is 14.2. The quantitative estimate of drug-likeness (QED) is 0.579. The Bertz CT molecular complexity index is 1000. The van der Waals surface area contributed by atoms with Gasteiger partial charge in [-0.2, -0.15) is 0 Å². The molecule has 0 radical (unpaired) electrons. The lowest BCUT2D eigenvalue weighted by molar-refractivity contribution is 0.0684. The van der Waals surface area contributed by atoms with Crippen LogP contribution in [-0.4, -0.2) is 17.4 Å². The normalized spacial score (nSPS) is 16.1. The fourth-order valence-electron chi connectivity index (χ4n) is 3.66. The SMILES string of the molecule is O=C(c1c(F)cccc1F)N1CCc2ccccc2[C@H]1c1ccccc1Cl. The van der Waals surface area contributed by atoms with Crippen molar-refractivity contribution in [2.75, 3.05) is 6.54 Å². The topological polar surface area (TPSA) is 20.3 Å². The third kappa shape index (κ3) is 3.10. The predicted molar refractivity (Wildman–Crippen MR) is 101 cm³/mol. The van der Waals surface area contributed by atoms with Gasteiger partial charge in [-0.25, -0.2) is 8.78 Å². The number of halogens is 3. The summed E-state index contributed by atoms with van der Waals surface area (Å²) in [6, 6.07) is 17.9. The number of benzene rings is 3. The van der Waals surface area contributed by atoms with E-state index in [0.717, 1.165) is 28.8 Å². The molecule has 0 unspecified atom stereocenters. The summed E-state index contributed by atoms with van der Waals surface area (Å²) in [4.78, 5) is 14.7. The van der Waals surface area contributed by atoms with Crippen LogP contribution in [0, 0.1) is 11.6 Å². The second-order valence-electron chi connectivity index (χ2n) is 6.47. The van der Waals surface area contributed by atoms with Crippen LogP contribution in [0.4, 0.5) is 8.78 Å². The molecule has 3 aromatic rings. The number of rotatable bonds is 2. The summed E-state index contributed by atoms with van der Waals surface area (Å²) in [5.74, 6) is -2.40. The monoisotopic (exact) mass is 383 g/mol. The molecular weight excluding hydrogens is 368 g/mol. The molecule has 1 heterocycles. The second-order valence-corrected chi connectivity index (χ2v) is 6.88. The van der Waals surface area contributed by atoms with Crippen LogP contribution in [-0.2, 0) is 6.42 Å². The lowest BCUT2D eigenvalue weighted by Gasteiger charge is -2.38. The number of carbonyl (C=O) groups excluding carboxylic acids is 1. The van der Waals surface area contributed by atoms with Gasteiger partial charge in [0.25, 0.3) is 5.91 Å². The molecule has 136 valence electrons. The van der Waals surface area contributed by atoms with Crippen molar-refractivity contribution in [1.82, 2.24) is 4.90 Å². The van der Waals surface area contributed by atoms with Crippen LogP contribution >= 0.6 is 11.6 Å². The fraction of sp³-hybridized carbons (Fsp3) is 0.136. The van der Waals surface area contributed by atoms with E-state index in [0.29, 0.717) is 18.0 Å². The molecule has 1 amide bonds. The second kappa shape index (κ2) is 7.12. The number of hydrogen-bond donors (Lipinski definition) is 0. The molecule has 0 fully saturated rings. The van der Waals surface area contributed by atoms with Crippen molar-refractivity contribution in [2.24, 2.45) is 0 Å². The molecule has 1 atom stereocenters. The van der Waals surface area contributed by atoms with E-state index in [1.165, 1.54) is 11.0 Å². The highest BCUT2D eigenvalue weighted by atomic mass is 35.5. The molecule has 27 heavy (non-hydrogen) atoms. The van der Waals surface area contributed by atoms with Gasteiger partial charge in [-0.1, -0.05) is 60.1 Å². The van der Waals surface area contributed by atoms with Crippen molar-refractivity contribution < 1.29 is 13.6 Å². The summed E-state index contributed by atoms with van der Waals surface area (Å²) in [7, 11) is 0. The van der Waals surface area contributed by atoms with Crippen LogP contribution in [0.3, 0.4) is 0 Å². The van der Waals surface area contributed by atoms with Crippen LogP contribution in [0.1, 0.15) is 33.1 Å². The van der Waals surface area contributed by atoms with Crippen molar-refractivity contribution in [3.05, 3.63) is 106 Å². The molecule has 2 nitrogen and oxygen atoms in total. The van der Waals surface area contributed by atoms with Gasteiger partial charge in [0.15, 0.2) is 0 Å². The van der Waals surface area contributed by atoms with Crippen LogP contribution in [0.15, 0.2) is 66.7 Å². The van der Waals surface area contributed by atoms with Crippen molar-refractivity contribution >= 4 is 17.5 Å². The van der Waals surface area contributed by atoms with Crippen molar-refractivity contribution in [2.45, 2.75) is 12.5 Å². The molecule has 0 saturated heterocycles. The standard InChI is InChI=1S/C22H16ClF2NO/c23-17-9-4-3-8-16(17)21-15-7-2-1-6-14(15)12-13-26(21)22(27)20-18(24)10-5-11-19(20)25/h1-11,21H,12-13H2/t21-/m0/s1. The summed E-state index contributed by atoms with van der Waals surface area (Å²) in [5, 5.41) is 0.506. The van der Waals surface area contributed by atoms with Gasteiger partial charge < -0.3 is 4.90 Å².